The quantitative estimate of drug-likeness (QED) is 0.655. The van der Waals surface area contributed by atoms with E-state index in [-0.39, 0.29) is 36.5 Å². The summed E-state index contributed by atoms with van der Waals surface area (Å²) in [6.07, 6.45) is 4.09. The Bertz CT molecular complexity index is 903. The molecule has 0 heterocycles. The largest absolute Gasteiger partial charge is 0.350 e. The van der Waals surface area contributed by atoms with Gasteiger partial charge in [-0.2, -0.15) is 0 Å². The van der Waals surface area contributed by atoms with Gasteiger partial charge in [0.2, 0.25) is 11.8 Å². The van der Waals surface area contributed by atoms with Crippen LogP contribution in [0.25, 0.3) is 0 Å². The number of aryl methyl sites for hydroxylation is 2. The highest BCUT2D eigenvalue weighted by Crippen LogP contribution is 2.23. The van der Waals surface area contributed by atoms with E-state index in [1.165, 1.54) is 11.1 Å². The Morgan fingerprint density at radius 1 is 0.931 bits per heavy atom. The van der Waals surface area contributed by atoms with Crippen molar-refractivity contribution >= 4 is 23.3 Å². The number of ketones is 1. The summed E-state index contributed by atoms with van der Waals surface area (Å²) in [7, 11) is 0. The Morgan fingerprint density at radius 2 is 1.66 bits per heavy atom. The second kappa shape index (κ2) is 9.50. The lowest BCUT2D eigenvalue weighted by molar-refractivity contribution is -0.121. The lowest BCUT2D eigenvalue weighted by atomic mass is 10.0. The molecule has 0 spiro atoms. The van der Waals surface area contributed by atoms with Gasteiger partial charge in [-0.15, -0.1) is 0 Å². The second-order valence-electron chi connectivity index (χ2n) is 7.57. The first-order chi connectivity index (χ1) is 14.0. The minimum Gasteiger partial charge on any atom is -0.350 e. The fourth-order valence-electron chi connectivity index (χ4n) is 3.62. The topological polar surface area (TPSA) is 75.3 Å². The molecular weight excluding hydrogens is 364 g/mol. The normalized spacial score (nSPS) is 13.4. The van der Waals surface area contributed by atoms with E-state index in [0.29, 0.717) is 12.0 Å². The third-order valence-electron chi connectivity index (χ3n) is 5.39. The van der Waals surface area contributed by atoms with Crippen LogP contribution in [0.5, 0.6) is 0 Å². The number of anilines is 1. The van der Waals surface area contributed by atoms with Crippen molar-refractivity contribution in [3.05, 3.63) is 64.7 Å². The summed E-state index contributed by atoms with van der Waals surface area (Å²) in [4.78, 5) is 36.2. The molecule has 2 aromatic carbocycles. The molecule has 0 aromatic heterocycles. The fraction of sp³-hybridized carbons (Fsp3) is 0.375. The van der Waals surface area contributed by atoms with E-state index in [1.54, 1.807) is 6.92 Å². The Morgan fingerprint density at radius 3 is 2.38 bits per heavy atom. The van der Waals surface area contributed by atoms with E-state index in [1.807, 2.05) is 49.4 Å². The molecule has 2 N–H and O–H groups in total. The maximum Gasteiger partial charge on any atom is 0.224 e. The number of fused-ring (bicyclic) bond motifs is 1. The number of carbonyl (C=O) groups is 3. The third-order valence-corrected chi connectivity index (χ3v) is 5.39. The smallest absolute Gasteiger partial charge is 0.224 e. The zero-order chi connectivity index (χ0) is 20.8. The summed E-state index contributed by atoms with van der Waals surface area (Å²) in [5, 5.41) is 5.74. The molecule has 152 valence electrons. The van der Waals surface area contributed by atoms with Crippen molar-refractivity contribution < 1.29 is 14.4 Å². The molecule has 1 aliphatic rings. The van der Waals surface area contributed by atoms with Crippen molar-refractivity contribution in [3.63, 3.8) is 0 Å². The molecule has 1 unspecified atom stereocenters. The molecule has 0 saturated heterocycles. The lowest BCUT2D eigenvalue weighted by Crippen LogP contribution is -2.27. The minimum absolute atomic E-state index is 0.0125. The first-order valence-electron chi connectivity index (χ1n) is 10.3. The zero-order valence-electron chi connectivity index (χ0n) is 17.1. The number of amides is 2. The predicted molar refractivity (Wildman–Crippen MR) is 114 cm³/mol. The molecule has 0 saturated carbocycles. The molecule has 1 aliphatic carbocycles. The van der Waals surface area contributed by atoms with Crippen molar-refractivity contribution in [1.82, 2.24) is 5.32 Å². The van der Waals surface area contributed by atoms with Gasteiger partial charge < -0.3 is 10.6 Å². The van der Waals surface area contributed by atoms with Crippen LogP contribution in [0.4, 0.5) is 5.69 Å². The lowest BCUT2D eigenvalue weighted by Gasteiger charge is -2.15. The van der Waals surface area contributed by atoms with Gasteiger partial charge in [-0.3, -0.25) is 14.4 Å². The van der Waals surface area contributed by atoms with Crippen LogP contribution in [0, 0.1) is 0 Å². The first-order valence-corrected chi connectivity index (χ1v) is 10.3. The number of Topliss-reactive ketones (excluding diaryl/α,β-unsaturated/α-hetero) is 1. The molecule has 0 fully saturated rings. The van der Waals surface area contributed by atoms with Crippen LogP contribution < -0.4 is 10.6 Å². The molecule has 5 heteroatoms. The molecule has 3 rings (SSSR count). The third kappa shape index (κ3) is 5.53. The van der Waals surface area contributed by atoms with E-state index >= 15 is 0 Å². The van der Waals surface area contributed by atoms with Gasteiger partial charge in [-0.05, 0) is 61.1 Å². The van der Waals surface area contributed by atoms with Crippen molar-refractivity contribution in [3.8, 4) is 0 Å². The van der Waals surface area contributed by atoms with Crippen molar-refractivity contribution in [2.75, 3.05) is 5.32 Å². The maximum atomic E-state index is 12.4. The summed E-state index contributed by atoms with van der Waals surface area (Å²) < 4.78 is 0. The summed E-state index contributed by atoms with van der Waals surface area (Å²) in [6, 6.07) is 13.2. The molecular formula is C24H28N2O3. The molecule has 2 amide bonds. The van der Waals surface area contributed by atoms with E-state index in [9.17, 15) is 14.4 Å². The van der Waals surface area contributed by atoms with Crippen molar-refractivity contribution in [1.29, 1.82) is 0 Å². The Balaban J connectivity index is 1.48. The number of nitrogens with one attached hydrogen (secondary N) is 2. The number of hydrogen-bond acceptors (Lipinski definition) is 3. The first kappa shape index (κ1) is 20.8. The Kier molecular flexibility index (Phi) is 6.81. The van der Waals surface area contributed by atoms with Crippen LogP contribution >= 0.6 is 0 Å². The number of carbonyl (C=O) groups excluding carboxylic acids is 3. The van der Waals surface area contributed by atoms with E-state index in [0.717, 1.165) is 30.5 Å². The van der Waals surface area contributed by atoms with Crippen LogP contribution in [-0.2, 0) is 22.4 Å². The molecule has 0 aliphatic heterocycles. The predicted octanol–water partition coefficient (Wildman–Crippen LogP) is 4.36. The van der Waals surface area contributed by atoms with E-state index in [2.05, 4.69) is 10.6 Å². The second-order valence-corrected chi connectivity index (χ2v) is 7.57. The molecule has 5 nitrogen and oxygen atoms in total. The van der Waals surface area contributed by atoms with Crippen LogP contribution in [-0.4, -0.2) is 17.6 Å². The van der Waals surface area contributed by atoms with Crippen LogP contribution in [0.2, 0.25) is 0 Å². The maximum absolute atomic E-state index is 12.4. The molecule has 29 heavy (non-hydrogen) atoms. The van der Waals surface area contributed by atoms with Crippen molar-refractivity contribution in [2.45, 2.75) is 58.4 Å². The number of benzene rings is 2. The average Bonchev–Trinajstić information content (AvgIpc) is 3.20. The van der Waals surface area contributed by atoms with Gasteiger partial charge in [0.15, 0.2) is 5.78 Å². The molecule has 0 radical (unpaired) electrons. The van der Waals surface area contributed by atoms with Gasteiger partial charge in [0, 0.05) is 30.5 Å². The van der Waals surface area contributed by atoms with Gasteiger partial charge in [0.1, 0.15) is 0 Å². The monoisotopic (exact) mass is 392 g/mol. The highest BCUT2D eigenvalue weighted by molar-refractivity contribution is 5.98. The fourth-order valence-corrected chi connectivity index (χ4v) is 3.62. The highest BCUT2D eigenvalue weighted by atomic mass is 16.2. The van der Waals surface area contributed by atoms with E-state index < -0.39 is 0 Å². The van der Waals surface area contributed by atoms with Crippen LogP contribution in [0.3, 0.4) is 0 Å². The van der Waals surface area contributed by atoms with Crippen LogP contribution in [0.15, 0.2) is 42.5 Å². The van der Waals surface area contributed by atoms with E-state index in [4.69, 9.17) is 0 Å². The van der Waals surface area contributed by atoms with Gasteiger partial charge in [0.25, 0.3) is 0 Å². The number of rotatable bonds is 8. The van der Waals surface area contributed by atoms with Crippen LogP contribution in [0.1, 0.15) is 72.6 Å². The van der Waals surface area contributed by atoms with Gasteiger partial charge in [0.05, 0.1) is 6.04 Å². The Labute approximate surface area is 171 Å². The standard InChI is InChI=1S/C24H28N2O3/c1-3-23(28)26-21-11-9-17(10-12-21)16(2)25-24(29)14-13-22(27)20-8-7-18-5-4-6-19(18)15-20/h7-12,15-16H,3-6,13-14H2,1-2H3,(H,25,29)(H,26,28). The minimum atomic E-state index is -0.173. The van der Waals surface area contributed by atoms with Crippen molar-refractivity contribution in [2.24, 2.45) is 0 Å². The SMILES string of the molecule is CCC(=O)Nc1ccc(C(C)NC(=O)CCC(=O)c2ccc3c(c2)CCC3)cc1. The highest BCUT2D eigenvalue weighted by Gasteiger charge is 2.16. The molecule has 2 aromatic rings. The summed E-state index contributed by atoms with van der Waals surface area (Å²) >= 11 is 0. The summed E-state index contributed by atoms with van der Waals surface area (Å²) in [5.74, 6) is -0.166. The summed E-state index contributed by atoms with van der Waals surface area (Å²) in [6.45, 7) is 3.70. The average molecular weight is 392 g/mol. The number of hydrogen-bond donors (Lipinski definition) is 2. The molecule has 0 bridgehead atoms. The zero-order valence-corrected chi connectivity index (χ0v) is 17.1. The Hall–Kier alpha value is -2.95. The van der Waals surface area contributed by atoms with Gasteiger partial charge in [-0.1, -0.05) is 31.2 Å². The van der Waals surface area contributed by atoms with Gasteiger partial charge in [-0.25, -0.2) is 0 Å². The molecule has 1 atom stereocenters. The summed E-state index contributed by atoms with van der Waals surface area (Å²) in [5.41, 5.74) is 4.99. The van der Waals surface area contributed by atoms with Gasteiger partial charge >= 0.3 is 0 Å².